The number of sulfonamides is 1. The van der Waals surface area contributed by atoms with E-state index in [1.807, 2.05) is 13.8 Å². The van der Waals surface area contributed by atoms with Crippen LogP contribution >= 0.6 is 23.2 Å². The molecule has 10 heteroatoms. The Morgan fingerprint density at radius 2 is 1.80 bits per heavy atom. The highest BCUT2D eigenvalue weighted by Gasteiger charge is 2.24. The standard InChI is InChI=1S/C15H20Cl2N2O5S/c1-9(2)7-18-25(22,23)13-5-10(11(16)6-12(13)17)15(21)24-8-14(20)19(3)4/h5-6,9,18H,7-8H2,1-4H3. The Morgan fingerprint density at radius 3 is 2.32 bits per heavy atom. The average molecular weight is 411 g/mol. The lowest BCUT2D eigenvalue weighted by atomic mass is 10.2. The maximum Gasteiger partial charge on any atom is 0.340 e. The van der Waals surface area contributed by atoms with Gasteiger partial charge in [-0.05, 0) is 18.1 Å². The molecule has 0 aliphatic heterocycles. The highest BCUT2D eigenvalue weighted by Crippen LogP contribution is 2.29. The van der Waals surface area contributed by atoms with Crippen molar-refractivity contribution in [1.29, 1.82) is 0 Å². The number of amides is 1. The molecule has 0 heterocycles. The van der Waals surface area contributed by atoms with Crippen molar-refractivity contribution in [3.05, 3.63) is 27.7 Å². The first-order valence-corrected chi connectivity index (χ1v) is 9.55. The van der Waals surface area contributed by atoms with Crippen molar-refractivity contribution in [2.75, 3.05) is 27.2 Å². The number of benzene rings is 1. The van der Waals surface area contributed by atoms with Crippen molar-refractivity contribution >= 4 is 45.1 Å². The van der Waals surface area contributed by atoms with Crippen LogP contribution in [0, 0.1) is 5.92 Å². The molecule has 0 aliphatic carbocycles. The predicted molar refractivity (Wildman–Crippen MR) is 95.5 cm³/mol. The largest absolute Gasteiger partial charge is 0.452 e. The second-order valence-electron chi connectivity index (χ2n) is 5.87. The summed E-state index contributed by atoms with van der Waals surface area (Å²) in [4.78, 5) is 24.6. The first-order chi connectivity index (χ1) is 11.5. The Balaban J connectivity index is 3.11. The summed E-state index contributed by atoms with van der Waals surface area (Å²) in [7, 11) is -0.906. The molecular weight excluding hydrogens is 391 g/mol. The van der Waals surface area contributed by atoms with Gasteiger partial charge in [0, 0.05) is 20.6 Å². The van der Waals surface area contributed by atoms with Crippen LogP contribution in [-0.4, -0.2) is 52.4 Å². The van der Waals surface area contributed by atoms with Crippen LogP contribution in [0.5, 0.6) is 0 Å². The van der Waals surface area contributed by atoms with Crippen LogP contribution in [-0.2, 0) is 19.6 Å². The third-order valence-corrected chi connectivity index (χ3v) is 5.24. The molecule has 1 N–H and O–H groups in total. The first-order valence-electron chi connectivity index (χ1n) is 7.31. The van der Waals surface area contributed by atoms with Gasteiger partial charge in [-0.1, -0.05) is 37.0 Å². The number of rotatable bonds is 7. The van der Waals surface area contributed by atoms with Crippen LogP contribution in [0.3, 0.4) is 0 Å². The number of nitrogens with zero attached hydrogens (tertiary/aromatic N) is 1. The lowest BCUT2D eigenvalue weighted by Gasteiger charge is -2.13. The fourth-order valence-corrected chi connectivity index (χ4v) is 3.64. The van der Waals surface area contributed by atoms with E-state index in [4.69, 9.17) is 27.9 Å². The number of esters is 1. The minimum Gasteiger partial charge on any atom is -0.452 e. The quantitative estimate of drug-likeness (QED) is 0.695. The van der Waals surface area contributed by atoms with Gasteiger partial charge >= 0.3 is 5.97 Å². The van der Waals surface area contributed by atoms with Crippen LogP contribution in [0.25, 0.3) is 0 Å². The number of likely N-dealkylation sites (N-methyl/N-ethyl adjacent to an activating group) is 1. The molecule has 0 aromatic heterocycles. The summed E-state index contributed by atoms with van der Waals surface area (Å²) < 4.78 is 32.0. The molecule has 0 unspecified atom stereocenters. The van der Waals surface area contributed by atoms with E-state index in [9.17, 15) is 18.0 Å². The van der Waals surface area contributed by atoms with Crippen molar-refractivity contribution in [2.24, 2.45) is 5.92 Å². The SMILES string of the molecule is CC(C)CNS(=O)(=O)c1cc(C(=O)OCC(=O)N(C)C)c(Cl)cc1Cl. The Bertz CT molecular complexity index is 763. The molecule has 1 aromatic carbocycles. The topological polar surface area (TPSA) is 92.8 Å². The van der Waals surface area contributed by atoms with E-state index < -0.39 is 28.5 Å². The van der Waals surface area contributed by atoms with Gasteiger partial charge in [0.1, 0.15) is 4.90 Å². The van der Waals surface area contributed by atoms with Gasteiger partial charge in [-0.25, -0.2) is 17.9 Å². The minimum atomic E-state index is -3.93. The molecule has 0 bridgehead atoms. The number of carbonyl (C=O) groups excluding carboxylic acids is 2. The second kappa shape index (κ2) is 8.84. The summed E-state index contributed by atoms with van der Waals surface area (Å²) in [5.74, 6) is -1.26. The lowest BCUT2D eigenvalue weighted by Crippen LogP contribution is -2.28. The smallest absolute Gasteiger partial charge is 0.340 e. The Kier molecular flexibility index (Phi) is 7.67. The van der Waals surface area contributed by atoms with Gasteiger partial charge in [-0.3, -0.25) is 4.79 Å². The lowest BCUT2D eigenvalue weighted by molar-refractivity contribution is -0.131. The molecule has 0 atom stereocenters. The minimum absolute atomic E-state index is 0.0740. The summed E-state index contributed by atoms with van der Waals surface area (Å²) >= 11 is 11.9. The summed E-state index contributed by atoms with van der Waals surface area (Å²) in [6.45, 7) is 3.41. The van der Waals surface area contributed by atoms with Gasteiger partial charge in [0.2, 0.25) is 10.0 Å². The molecule has 7 nitrogen and oxygen atoms in total. The summed E-state index contributed by atoms with van der Waals surface area (Å²) in [5, 5.41) is -0.197. The molecule has 1 rings (SSSR count). The Morgan fingerprint density at radius 1 is 1.20 bits per heavy atom. The van der Waals surface area contributed by atoms with E-state index in [0.29, 0.717) is 0 Å². The van der Waals surface area contributed by atoms with Crippen LogP contribution < -0.4 is 4.72 Å². The van der Waals surface area contributed by atoms with Crippen molar-refractivity contribution in [2.45, 2.75) is 18.7 Å². The molecule has 0 radical (unpaired) electrons. The van der Waals surface area contributed by atoms with Gasteiger partial charge in [0.15, 0.2) is 6.61 Å². The van der Waals surface area contributed by atoms with Crippen molar-refractivity contribution < 1.29 is 22.7 Å². The predicted octanol–water partition coefficient (Wildman–Crippen LogP) is 2.17. The maximum atomic E-state index is 12.3. The van der Waals surface area contributed by atoms with Gasteiger partial charge in [0.25, 0.3) is 5.91 Å². The Labute approximate surface area is 157 Å². The van der Waals surface area contributed by atoms with E-state index in [2.05, 4.69) is 4.72 Å². The van der Waals surface area contributed by atoms with Gasteiger partial charge in [0.05, 0.1) is 15.6 Å². The first kappa shape index (κ1) is 21.7. The highest BCUT2D eigenvalue weighted by molar-refractivity contribution is 7.89. The Hall–Kier alpha value is -1.35. The highest BCUT2D eigenvalue weighted by atomic mass is 35.5. The number of hydrogen-bond acceptors (Lipinski definition) is 5. The number of halogens is 2. The molecule has 0 spiro atoms. The molecule has 25 heavy (non-hydrogen) atoms. The zero-order valence-electron chi connectivity index (χ0n) is 14.3. The maximum absolute atomic E-state index is 12.3. The summed E-state index contributed by atoms with van der Waals surface area (Å²) in [5.41, 5.74) is -0.192. The average Bonchev–Trinajstić information content (AvgIpc) is 2.50. The van der Waals surface area contributed by atoms with Crippen molar-refractivity contribution in [3.63, 3.8) is 0 Å². The van der Waals surface area contributed by atoms with E-state index in [-0.39, 0.29) is 33.0 Å². The number of ether oxygens (including phenoxy) is 1. The number of hydrogen-bond donors (Lipinski definition) is 1. The summed E-state index contributed by atoms with van der Waals surface area (Å²) in [6, 6.07) is 2.19. The molecule has 0 aliphatic rings. The molecule has 140 valence electrons. The van der Waals surface area contributed by atoms with Crippen molar-refractivity contribution in [1.82, 2.24) is 9.62 Å². The van der Waals surface area contributed by atoms with Crippen LogP contribution in [0.1, 0.15) is 24.2 Å². The molecule has 0 fully saturated rings. The normalized spacial score (nSPS) is 11.5. The van der Waals surface area contributed by atoms with Crippen molar-refractivity contribution in [3.8, 4) is 0 Å². The molecular formula is C15H20Cl2N2O5S. The van der Waals surface area contributed by atoms with E-state index in [1.165, 1.54) is 19.0 Å². The molecule has 0 saturated heterocycles. The second-order valence-corrected chi connectivity index (χ2v) is 8.42. The third kappa shape index (κ3) is 6.14. The van der Waals surface area contributed by atoms with Crippen LogP contribution in [0.4, 0.5) is 0 Å². The summed E-state index contributed by atoms with van der Waals surface area (Å²) in [6.07, 6.45) is 0. The van der Waals surface area contributed by atoms with E-state index in [1.54, 1.807) is 0 Å². The zero-order valence-corrected chi connectivity index (χ0v) is 16.6. The monoisotopic (exact) mass is 410 g/mol. The van der Waals surface area contributed by atoms with E-state index in [0.717, 1.165) is 12.1 Å². The molecule has 1 aromatic rings. The van der Waals surface area contributed by atoms with Crippen LogP contribution in [0.15, 0.2) is 17.0 Å². The van der Waals surface area contributed by atoms with Gasteiger partial charge in [-0.2, -0.15) is 0 Å². The molecule has 1 amide bonds. The third-order valence-electron chi connectivity index (χ3n) is 3.04. The van der Waals surface area contributed by atoms with Crippen LogP contribution in [0.2, 0.25) is 10.0 Å². The van der Waals surface area contributed by atoms with Gasteiger partial charge in [-0.15, -0.1) is 0 Å². The van der Waals surface area contributed by atoms with Gasteiger partial charge < -0.3 is 9.64 Å². The zero-order chi connectivity index (χ0) is 19.4. The molecule has 0 saturated carbocycles. The number of carbonyl (C=O) groups is 2. The van der Waals surface area contributed by atoms with E-state index >= 15 is 0 Å². The fourth-order valence-electron chi connectivity index (χ4n) is 1.58. The number of nitrogens with one attached hydrogen (secondary N) is 1. The fraction of sp³-hybridized carbons (Fsp3) is 0.467.